The monoisotopic (exact) mass is 308 g/mol. The van der Waals surface area contributed by atoms with Gasteiger partial charge in [-0.05, 0) is 44.5 Å². The fourth-order valence-electron chi connectivity index (χ4n) is 1.60. The predicted octanol–water partition coefficient (Wildman–Crippen LogP) is 2.88. The Balaban J connectivity index is 3.17. The maximum Gasteiger partial charge on any atom is 0.262 e. The SMILES string of the molecule is CCOc1cc(C=C(C#N)C(=O)NC(C)C)cc(Cl)c1O. The number of benzene rings is 1. The second-order valence-corrected chi connectivity index (χ2v) is 4.99. The summed E-state index contributed by atoms with van der Waals surface area (Å²) in [5.41, 5.74) is 0.449. The van der Waals surface area contributed by atoms with Crippen LogP contribution in [0.25, 0.3) is 6.08 Å². The molecular formula is C15H17ClN2O3. The van der Waals surface area contributed by atoms with Crippen molar-refractivity contribution in [2.75, 3.05) is 6.61 Å². The highest BCUT2D eigenvalue weighted by atomic mass is 35.5. The molecular weight excluding hydrogens is 292 g/mol. The molecule has 0 atom stereocenters. The number of carbonyl (C=O) groups excluding carboxylic acids is 1. The number of phenolic OH excluding ortho intramolecular Hbond substituents is 1. The number of carbonyl (C=O) groups is 1. The van der Waals surface area contributed by atoms with Crippen molar-refractivity contribution in [3.05, 3.63) is 28.3 Å². The number of nitrogens with one attached hydrogen (secondary N) is 1. The van der Waals surface area contributed by atoms with Gasteiger partial charge in [0.25, 0.3) is 5.91 Å². The van der Waals surface area contributed by atoms with Gasteiger partial charge in [-0.3, -0.25) is 4.79 Å². The number of nitriles is 1. The molecule has 0 aliphatic rings. The zero-order valence-electron chi connectivity index (χ0n) is 12.1. The average Bonchev–Trinajstić information content (AvgIpc) is 2.40. The average molecular weight is 309 g/mol. The fourth-order valence-corrected chi connectivity index (χ4v) is 1.82. The highest BCUT2D eigenvalue weighted by molar-refractivity contribution is 6.32. The molecule has 0 heterocycles. The van der Waals surface area contributed by atoms with E-state index in [1.807, 2.05) is 6.07 Å². The zero-order valence-corrected chi connectivity index (χ0v) is 12.9. The van der Waals surface area contributed by atoms with Gasteiger partial charge in [-0.25, -0.2) is 0 Å². The van der Waals surface area contributed by atoms with E-state index in [4.69, 9.17) is 21.6 Å². The van der Waals surface area contributed by atoms with Crippen molar-refractivity contribution in [2.24, 2.45) is 0 Å². The third-order valence-corrected chi connectivity index (χ3v) is 2.73. The van der Waals surface area contributed by atoms with Gasteiger partial charge >= 0.3 is 0 Å². The van der Waals surface area contributed by atoms with Gasteiger partial charge in [-0.15, -0.1) is 0 Å². The van der Waals surface area contributed by atoms with E-state index in [0.717, 1.165) is 0 Å². The predicted molar refractivity (Wildman–Crippen MR) is 81.2 cm³/mol. The fraction of sp³-hybridized carbons (Fsp3) is 0.333. The molecule has 0 bridgehead atoms. The van der Waals surface area contributed by atoms with Gasteiger partial charge < -0.3 is 15.2 Å². The third kappa shape index (κ3) is 4.69. The number of nitrogens with zero attached hydrogens (tertiary/aromatic N) is 1. The second-order valence-electron chi connectivity index (χ2n) is 4.58. The van der Waals surface area contributed by atoms with Crippen LogP contribution in [0.3, 0.4) is 0 Å². The van der Waals surface area contributed by atoms with Crippen LogP contribution in [0, 0.1) is 11.3 Å². The highest BCUT2D eigenvalue weighted by Crippen LogP contribution is 2.35. The molecule has 0 saturated carbocycles. The Morgan fingerprint density at radius 3 is 2.76 bits per heavy atom. The van der Waals surface area contributed by atoms with Gasteiger partial charge in [0.05, 0.1) is 11.6 Å². The first-order valence-corrected chi connectivity index (χ1v) is 6.84. The third-order valence-electron chi connectivity index (χ3n) is 2.45. The molecule has 0 unspecified atom stereocenters. The topological polar surface area (TPSA) is 82.3 Å². The second kappa shape index (κ2) is 7.55. The molecule has 1 rings (SSSR count). The lowest BCUT2D eigenvalue weighted by atomic mass is 10.1. The van der Waals surface area contributed by atoms with Crippen LogP contribution in [0.15, 0.2) is 17.7 Å². The summed E-state index contributed by atoms with van der Waals surface area (Å²) in [6, 6.07) is 4.75. The number of rotatable bonds is 5. The highest BCUT2D eigenvalue weighted by Gasteiger charge is 2.13. The van der Waals surface area contributed by atoms with E-state index in [9.17, 15) is 9.90 Å². The van der Waals surface area contributed by atoms with Crippen molar-refractivity contribution < 1.29 is 14.6 Å². The summed E-state index contributed by atoms with van der Waals surface area (Å²) >= 11 is 5.90. The van der Waals surface area contributed by atoms with E-state index in [1.54, 1.807) is 20.8 Å². The van der Waals surface area contributed by atoms with E-state index in [1.165, 1.54) is 18.2 Å². The minimum Gasteiger partial charge on any atom is -0.503 e. The first-order chi connectivity index (χ1) is 9.88. The molecule has 5 nitrogen and oxygen atoms in total. The lowest BCUT2D eigenvalue weighted by molar-refractivity contribution is -0.117. The van der Waals surface area contributed by atoms with E-state index >= 15 is 0 Å². The molecule has 0 aliphatic carbocycles. The molecule has 1 aromatic carbocycles. The summed E-state index contributed by atoms with van der Waals surface area (Å²) < 4.78 is 5.25. The van der Waals surface area contributed by atoms with Crippen LogP contribution in [0.4, 0.5) is 0 Å². The summed E-state index contributed by atoms with van der Waals surface area (Å²) in [6.45, 7) is 5.73. The van der Waals surface area contributed by atoms with Gasteiger partial charge in [0.1, 0.15) is 11.6 Å². The first-order valence-electron chi connectivity index (χ1n) is 6.47. The largest absolute Gasteiger partial charge is 0.503 e. The van der Waals surface area contributed by atoms with Crippen LogP contribution < -0.4 is 10.1 Å². The Morgan fingerprint density at radius 2 is 2.24 bits per heavy atom. The Hall–Kier alpha value is -2.19. The molecule has 1 aromatic rings. The van der Waals surface area contributed by atoms with Crippen LogP contribution in [0.1, 0.15) is 26.3 Å². The Labute approximate surface area is 128 Å². The van der Waals surface area contributed by atoms with Crippen LogP contribution in [0.5, 0.6) is 11.5 Å². The number of aromatic hydroxyl groups is 1. The molecule has 1 amide bonds. The van der Waals surface area contributed by atoms with Crippen molar-refractivity contribution in [2.45, 2.75) is 26.8 Å². The quantitative estimate of drug-likeness (QED) is 0.647. The van der Waals surface area contributed by atoms with E-state index in [2.05, 4.69) is 5.32 Å². The first kappa shape index (κ1) is 16.9. The Morgan fingerprint density at radius 1 is 1.57 bits per heavy atom. The van der Waals surface area contributed by atoms with E-state index in [-0.39, 0.29) is 28.1 Å². The normalized spacial score (nSPS) is 11.1. The Kier molecular flexibility index (Phi) is 6.07. The number of ether oxygens (including phenoxy) is 1. The molecule has 0 spiro atoms. The van der Waals surface area contributed by atoms with Gasteiger partial charge in [-0.2, -0.15) is 5.26 Å². The van der Waals surface area contributed by atoms with E-state index < -0.39 is 5.91 Å². The lowest BCUT2D eigenvalue weighted by Crippen LogP contribution is -2.30. The summed E-state index contributed by atoms with van der Waals surface area (Å²) in [7, 11) is 0. The van der Waals surface area contributed by atoms with Crippen molar-refractivity contribution in [3.63, 3.8) is 0 Å². The molecule has 21 heavy (non-hydrogen) atoms. The number of hydrogen-bond acceptors (Lipinski definition) is 4. The zero-order chi connectivity index (χ0) is 16.0. The minimum atomic E-state index is -0.463. The summed E-state index contributed by atoms with van der Waals surface area (Å²) in [5.74, 6) is -0.423. The minimum absolute atomic E-state index is 0.0482. The van der Waals surface area contributed by atoms with Crippen LogP contribution in [-0.2, 0) is 4.79 Å². The molecule has 0 radical (unpaired) electrons. The van der Waals surface area contributed by atoms with Crippen molar-refractivity contribution >= 4 is 23.6 Å². The molecule has 0 aromatic heterocycles. The molecule has 6 heteroatoms. The molecule has 0 fully saturated rings. The number of halogens is 1. The van der Waals surface area contributed by atoms with Crippen molar-refractivity contribution in [3.8, 4) is 17.6 Å². The molecule has 0 saturated heterocycles. The van der Waals surface area contributed by atoms with E-state index in [0.29, 0.717) is 12.2 Å². The van der Waals surface area contributed by atoms with Crippen LogP contribution >= 0.6 is 11.6 Å². The standard InChI is InChI=1S/C15H17ClN2O3/c1-4-21-13-7-10(6-12(16)14(13)19)5-11(8-17)15(20)18-9(2)3/h5-7,9,19H,4H2,1-3H3,(H,18,20). The van der Waals surface area contributed by atoms with Crippen LogP contribution in [0.2, 0.25) is 5.02 Å². The van der Waals surface area contributed by atoms with Gasteiger partial charge in [0, 0.05) is 6.04 Å². The maximum atomic E-state index is 11.8. The molecule has 0 aliphatic heterocycles. The van der Waals surface area contributed by atoms with Crippen LogP contribution in [-0.4, -0.2) is 23.7 Å². The van der Waals surface area contributed by atoms with Gasteiger partial charge in [-0.1, -0.05) is 11.6 Å². The lowest BCUT2D eigenvalue weighted by Gasteiger charge is -2.09. The molecule has 112 valence electrons. The maximum absolute atomic E-state index is 11.8. The van der Waals surface area contributed by atoms with Crippen molar-refractivity contribution in [1.29, 1.82) is 5.26 Å². The smallest absolute Gasteiger partial charge is 0.262 e. The van der Waals surface area contributed by atoms with Gasteiger partial charge in [0.15, 0.2) is 11.5 Å². The summed E-state index contributed by atoms with van der Waals surface area (Å²) in [6.07, 6.45) is 1.39. The summed E-state index contributed by atoms with van der Waals surface area (Å²) in [5, 5.41) is 21.6. The van der Waals surface area contributed by atoms with Crippen molar-refractivity contribution in [1.82, 2.24) is 5.32 Å². The number of phenols is 1. The Bertz CT molecular complexity index is 604. The number of amides is 1. The number of hydrogen-bond donors (Lipinski definition) is 2. The summed E-state index contributed by atoms with van der Waals surface area (Å²) in [4.78, 5) is 11.8. The van der Waals surface area contributed by atoms with Gasteiger partial charge in [0.2, 0.25) is 0 Å². The molecule has 2 N–H and O–H groups in total.